The van der Waals surface area contributed by atoms with E-state index in [0.29, 0.717) is 6.54 Å². The number of H-pyrrole nitrogens is 1. The van der Waals surface area contributed by atoms with E-state index in [1.54, 1.807) is 6.20 Å². The average Bonchev–Trinajstić information content (AvgIpc) is 3.16. The Bertz CT molecular complexity index is 728. The zero-order valence-electron chi connectivity index (χ0n) is 13.9. The summed E-state index contributed by atoms with van der Waals surface area (Å²) < 4.78 is 5.75. The lowest BCUT2D eigenvalue weighted by Crippen LogP contribution is -2.40. The van der Waals surface area contributed by atoms with E-state index in [1.807, 2.05) is 30.2 Å². The van der Waals surface area contributed by atoms with E-state index >= 15 is 0 Å². The molecule has 2 aromatic heterocycles. The molecule has 1 fully saturated rings. The molecule has 0 unspecified atom stereocenters. The van der Waals surface area contributed by atoms with Gasteiger partial charge in [-0.2, -0.15) is 5.10 Å². The third-order valence-corrected chi connectivity index (χ3v) is 4.97. The first-order valence-electron chi connectivity index (χ1n) is 8.63. The molecule has 4 heterocycles. The van der Waals surface area contributed by atoms with Crippen LogP contribution in [0.1, 0.15) is 31.0 Å². The second-order valence-electron chi connectivity index (χ2n) is 6.61. The maximum atomic E-state index is 12.7. The number of ether oxygens (including phenoxy) is 1. The summed E-state index contributed by atoms with van der Waals surface area (Å²) in [6, 6.07) is 3.94. The first-order chi connectivity index (χ1) is 11.7. The van der Waals surface area contributed by atoms with Crippen LogP contribution in [0.15, 0.2) is 24.5 Å². The van der Waals surface area contributed by atoms with Crippen LogP contribution in [0.25, 0.3) is 11.3 Å². The van der Waals surface area contributed by atoms with Crippen molar-refractivity contribution in [1.82, 2.24) is 20.1 Å². The van der Waals surface area contributed by atoms with Gasteiger partial charge >= 0.3 is 0 Å². The summed E-state index contributed by atoms with van der Waals surface area (Å²) in [5, 5.41) is 7.63. The molecule has 0 saturated carbocycles. The summed E-state index contributed by atoms with van der Waals surface area (Å²) in [6.45, 7) is 3.47. The highest BCUT2D eigenvalue weighted by atomic mass is 16.5. The van der Waals surface area contributed by atoms with Crippen LogP contribution in [-0.2, 0) is 22.4 Å². The molecule has 6 heteroatoms. The quantitative estimate of drug-likeness (QED) is 0.916. The largest absolute Gasteiger partial charge is 0.365 e. The zero-order chi connectivity index (χ0) is 16.5. The third-order valence-electron chi connectivity index (χ3n) is 4.97. The highest BCUT2D eigenvalue weighted by Crippen LogP contribution is 2.27. The summed E-state index contributed by atoms with van der Waals surface area (Å²) in [5.41, 5.74) is 4.31. The summed E-state index contributed by atoms with van der Waals surface area (Å²) >= 11 is 0. The molecule has 0 spiro atoms. The van der Waals surface area contributed by atoms with E-state index in [-0.39, 0.29) is 18.1 Å². The van der Waals surface area contributed by atoms with Gasteiger partial charge in [-0.05, 0) is 38.3 Å². The molecule has 2 aliphatic heterocycles. The Kier molecular flexibility index (Phi) is 4.06. The van der Waals surface area contributed by atoms with Crippen molar-refractivity contribution >= 4 is 5.91 Å². The van der Waals surface area contributed by atoms with Gasteiger partial charge in [0, 0.05) is 48.7 Å². The lowest BCUT2D eigenvalue weighted by Gasteiger charge is -2.23. The number of carbonyl (C=O) groups excluding carboxylic acids is 1. The Hall–Kier alpha value is -2.21. The predicted molar refractivity (Wildman–Crippen MR) is 89.4 cm³/mol. The molecule has 1 N–H and O–H groups in total. The number of nitrogens with one attached hydrogen (secondary N) is 1. The molecule has 0 bridgehead atoms. The second-order valence-corrected chi connectivity index (χ2v) is 6.61. The first kappa shape index (κ1) is 15.3. The molecular weight excluding hydrogens is 304 g/mol. The molecule has 2 aliphatic rings. The van der Waals surface area contributed by atoms with Crippen molar-refractivity contribution in [1.29, 1.82) is 0 Å². The van der Waals surface area contributed by atoms with Gasteiger partial charge in [0.1, 0.15) is 6.10 Å². The lowest BCUT2D eigenvalue weighted by atomic mass is 10.0. The molecule has 0 aliphatic carbocycles. The van der Waals surface area contributed by atoms with Crippen molar-refractivity contribution in [3.05, 3.63) is 35.8 Å². The molecule has 2 aromatic rings. The molecule has 0 radical (unpaired) electrons. The third kappa shape index (κ3) is 2.82. The number of pyridine rings is 1. The van der Waals surface area contributed by atoms with Crippen molar-refractivity contribution in [3.63, 3.8) is 0 Å². The van der Waals surface area contributed by atoms with E-state index in [1.165, 1.54) is 5.56 Å². The van der Waals surface area contributed by atoms with Crippen LogP contribution in [0, 0.1) is 0 Å². The molecule has 1 amide bonds. The average molecular weight is 326 g/mol. The van der Waals surface area contributed by atoms with E-state index in [4.69, 9.17) is 4.74 Å². The van der Waals surface area contributed by atoms with Crippen molar-refractivity contribution in [2.24, 2.45) is 0 Å². The van der Waals surface area contributed by atoms with Gasteiger partial charge in [-0.15, -0.1) is 0 Å². The molecule has 24 heavy (non-hydrogen) atoms. The Morgan fingerprint density at radius 1 is 1.33 bits per heavy atom. The van der Waals surface area contributed by atoms with Crippen molar-refractivity contribution < 1.29 is 9.53 Å². The monoisotopic (exact) mass is 326 g/mol. The van der Waals surface area contributed by atoms with Crippen LogP contribution in [0.2, 0.25) is 0 Å². The highest BCUT2D eigenvalue weighted by Gasteiger charge is 2.32. The predicted octanol–water partition coefficient (Wildman–Crippen LogP) is 1.97. The number of fused-ring (bicyclic) bond motifs is 1. The van der Waals surface area contributed by atoms with Crippen LogP contribution < -0.4 is 0 Å². The van der Waals surface area contributed by atoms with Crippen LogP contribution in [0.4, 0.5) is 0 Å². The Balaban J connectivity index is 1.51. The summed E-state index contributed by atoms with van der Waals surface area (Å²) in [7, 11) is 0. The minimum Gasteiger partial charge on any atom is -0.365 e. The Morgan fingerprint density at radius 3 is 2.96 bits per heavy atom. The van der Waals surface area contributed by atoms with Gasteiger partial charge in [0.25, 0.3) is 5.91 Å². The fourth-order valence-corrected chi connectivity index (χ4v) is 3.63. The van der Waals surface area contributed by atoms with E-state index in [9.17, 15) is 4.79 Å². The minimum absolute atomic E-state index is 0.139. The van der Waals surface area contributed by atoms with Gasteiger partial charge in [0.15, 0.2) is 0 Å². The molecule has 1 saturated heterocycles. The number of carbonyl (C=O) groups is 1. The second kappa shape index (κ2) is 6.36. The topological polar surface area (TPSA) is 71.1 Å². The van der Waals surface area contributed by atoms with Crippen LogP contribution in [-0.4, -0.2) is 51.3 Å². The van der Waals surface area contributed by atoms with Gasteiger partial charge in [0.05, 0.1) is 11.8 Å². The van der Waals surface area contributed by atoms with Gasteiger partial charge in [-0.1, -0.05) is 0 Å². The fourth-order valence-electron chi connectivity index (χ4n) is 3.63. The number of rotatable bonds is 2. The molecule has 2 atom stereocenters. The summed E-state index contributed by atoms with van der Waals surface area (Å²) in [6.07, 6.45) is 6.95. The normalized spacial score (nSPS) is 23.8. The van der Waals surface area contributed by atoms with E-state index in [2.05, 4.69) is 15.2 Å². The summed E-state index contributed by atoms with van der Waals surface area (Å²) in [5.74, 6) is 0.139. The maximum absolute atomic E-state index is 12.7. The van der Waals surface area contributed by atoms with Gasteiger partial charge in [-0.3, -0.25) is 14.9 Å². The number of aromatic amines is 1. The number of amides is 1. The minimum atomic E-state index is -0.257. The number of nitrogens with zero attached hydrogens (tertiary/aromatic N) is 3. The molecular formula is C18H22N4O2. The van der Waals surface area contributed by atoms with Crippen LogP contribution in [0.5, 0.6) is 0 Å². The first-order valence-corrected chi connectivity index (χ1v) is 8.63. The SMILES string of the molecule is C[C@@H]1CC[C@H](C(=O)N2CCc3[nH]nc(-c4cccnc4)c3CC2)O1. The smallest absolute Gasteiger partial charge is 0.251 e. The fraction of sp³-hybridized carbons (Fsp3) is 0.500. The van der Waals surface area contributed by atoms with Crippen LogP contribution >= 0.6 is 0 Å². The standard InChI is InChI=1S/C18H22N4O2/c1-12-4-5-16(24-12)18(23)22-9-6-14-15(7-10-22)20-21-17(14)13-3-2-8-19-11-13/h2-3,8,11-12,16H,4-7,9-10H2,1H3,(H,20,21)/t12-,16-/m1/s1. The number of hydrogen-bond donors (Lipinski definition) is 1. The van der Waals surface area contributed by atoms with Gasteiger partial charge in [-0.25, -0.2) is 0 Å². The number of hydrogen-bond acceptors (Lipinski definition) is 4. The van der Waals surface area contributed by atoms with Gasteiger partial charge < -0.3 is 9.64 Å². The number of aromatic nitrogens is 3. The molecule has 126 valence electrons. The highest BCUT2D eigenvalue weighted by molar-refractivity contribution is 5.81. The van der Waals surface area contributed by atoms with Crippen molar-refractivity contribution in [3.8, 4) is 11.3 Å². The Morgan fingerprint density at radius 2 is 2.21 bits per heavy atom. The molecule has 0 aromatic carbocycles. The maximum Gasteiger partial charge on any atom is 0.251 e. The van der Waals surface area contributed by atoms with Crippen molar-refractivity contribution in [2.75, 3.05) is 13.1 Å². The Labute approximate surface area is 141 Å². The summed E-state index contributed by atoms with van der Waals surface area (Å²) in [4.78, 5) is 18.8. The molecule has 6 nitrogen and oxygen atoms in total. The van der Waals surface area contributed by atoms with Crippen LogP contribution in [0.3, 0.4) is 0 Å². The zero-order valence-corrected chi connectivity index (χ0v) is 13.9. The van der Waals surface area contributed by atoms with E-state index in [0.717, 1.165) is 49.2 Å². The lowest BCUT2D eigenvalue weighted by molar-refractivity contribution is -0.142. The van der Waals surface area contributed by atoms with Crippen molar-refractivity contribution in [2.45, 2.75) is 44.8 Å². The molecule has 4 rings (SSSR count). The van der Waals surface area contributed by atoms with E-state index < -0.39 is 0 Å². The van der Waals surface area contributed by atoms with Gasteiger partial charge in [0.2, 0.25) is 0 Å².